The van der Waals surface area contributed by atoms with Gasteiger partial charge >= 0.3 is 17.9 Å². The summed E-state index contributed by atoms with van der Waals surface area (Å²) >= 11 is 0. The number of esters is 3. The molecule has 3 aliphatic heterocycles. The molecule has 7 aromatic carbocycles. The van der Waals surface area contributed by atoms with Crippen LogP contribution in [0.2, 0.25) is 0 Å². The zero-order valence-corrected chi connectivity index (χ0v) is 50.6. The van der Waals surface area contributed by atoms with Gasteiger partial charge in [-0.15, -0.1) is 0 Å². The first-order chi connectivity index (χ1) is 42.2. The molecule has 0 radical (unpaired) electrons. The molecule has 87 heavy (non-hydrogen) atoms. The summed E-state index contributed by atoms with van der Waals surface area (Å²) in [6.45, 7) is 9.33. The van der Waals surface area contributed by atoms with Crippen molar-refractivity contribution in [3.63, 3.8) is 0 Å². The zero-order chi connectivity index (χ0) is 60.6. The van der Waals surface area contributed by atoms with Gasteiger partial charge in [-0.25, -0.2) is 0 Å². The van der Waals surface area contributed by atoms with E-state index in [1.165, 1.54) is 10.9 Å². The first-order valence-corrected chi connectivity index (χ1v) is 31.3. The van der Waals surface area contributed by atoms with E-state index in [-0.39, 0.29) is 56.2 Å². The number of carbonyl (C=O) groups excluding carboxylic acids is 3. The number of rotatable bonds is 16. The summed E-state index contributed by atoms with van der Waals surface area (Å²) in [5.74, 6) is -1.58. The monoisotopic (exact) mass is 1180 g/mol. The maximum atomic E-state index is 14.1. The van der Waals surface area contributed by atoms with Crippen molar-refractivity contribution in [1.82, 2.24) is 0 Å². The van der Waals surface area contributed by atoms with Gasteiger partial charge in [-0.1, -0.05) is 153 Å². The van der Waals surface area contributed by atoms with Crippen molar-refractivity contribution in [3.8, 4) is 5.75 Å². The van der Waals surface area contributed by atoms with E-state index in [1.54, 1.807) is 0 Å². The summed E-state index contributed by atoms with van der Waals surface area (Å²) in [5.41, 5.74) is 25.6. The average molecular weight is 1180 g/mol. The molecule has 0 aromatic heterocycles. The Morgan fingerprint density at radius 2 is 0.943 bits per heavy atom. The molecule has 0 amide bonds. The Morgan fingerprint density at radius 3 is 1.57 bits per heavy atom. The van der Waals surface area contributed by atoms with Crippen molar-refractivity contribution in [2.75, 3.05) is 46.2 Å². The van der Waals surface area contributed by atoms with Crippen molar-refractivity contribution >= 4 is 50.2 Å². The van der Waals surface area contributed by atoms with Crippen LogP contribution >= 0.6 is 0 Å². The fourth-order valence-electron chi connectivity index (χ4n) is 13.6. The second kappa shape index (κ2) is 28.6. The van der Waals surface area contributed by atoms with Gasteiger partial charge in [-0.2, -0.15) is 0 Å². The van der Waals surface area contributed by atoms with Gasteiger partial charge in [0.25, 0.3) is 0 Å². The fourth-order valence-corrected chi connectivity index (χ4v) is 13.6. The highest BCUT2D eigenvalue weighted by molar-refractivity contribution is 5.90. The van der Waals surface area contributed by atoms with Crippen molar-refractivity contribution < 1.29 is 57.0 Å². The first-order valence-electron chi connectivity index (χ1n) is 31.3. The molecule has 3 saturated heterocycles. The molecule has 13 unspecified atom stereocenters. The van der Waals surface area contributed by atoms with Gasteiger partial charge in [-0.3, -0.25) is 14.4 Å². The molecule has 4 aliphatic rings. The summed E-state index contributed by atoms with van der Waals surface area (Å²) in [4.78, 5) is 40.3. The number of fused-ring (bicyclic) bond motifs is 3. The largest absolute Gasteiger partial charge is 0.486 e. The Hall–Kier alpha value is -6.79. The molecule has 11 rings (SSSR count). The highest BCUT2D eigenvalue weighted by atomic mass is 16.6. The first kappa shape index (κ1) is 61.8. The lowest BCUT2D eigenvalue weighted by atomic mass is 9.84. The van der Waals surface area contributed by atoms with Crippen LogP contribution in [0, 0.1) is 24.7 Å². The van der Waals surface area contributed by atoms with Crippen LogP contribution in [0.15, 0.2) is 140 Å². The van der Waals surface area contributed by atoms with Crippen LogP contribution < -0.4 is 21.9 Å². The minimum absolute atomic E-state index is 0.0107. The van der Waals surface area contributed by atoms with Crippen LogP contribution in [0.25, 0.3) is 32.3 Å². The number of ether oxygens (including phenoxy) is 9. The van der Waals surface area contributed by atoms with E-state index in [2.05, 4.69) is 104 Å². The molecular formula is C72H85N3O12. The molecule has 15 nitrogen and oxygen atoms in total. The third-order valence-corrected chi connectivity index (χ3v) is 18.3. The topological polar surface area (TPSA) is 212 Å². The summed E-state index contributed by atoms with van der Waals surface area (Å²) in [6, 6.07) is 45.3. The summed E-state index contributed by atoms with van der Waals surface area (Å²) in [5, 5.41) is 6.57. The molecule has 0 bridgehead atoms. The Labute approximate surface area is 510 Å². The van der Waals surface area contributed by atoms with Crippen LogP contribution in [-0.4, -0.2) is 125 Å². The average Bonchev–Trinajstić information content (AvgIpc) is 3.04. The minimum Gasteiger partial charge on any atom is -0.486 e. The van der Waals surface area contributed by atoms with E-state index in [0.717, 1.165) is 80.4 Å². The smallest absolute Gasteiger partial charge is 0.325 e. The third-order valence-electron chi connectivity index (χ3n) is 18.3. The zero-order valence-electron chi connectivity index (χ0n) is 50.6. The SMILES string of the molecule is Cc1ccc(OC2C(Cc3ccc(CC4OC(=O)C(N)COCC(Cc5cccc6c(C(C)COC7C(Cc8cccc9ccccc89)COCC(N)C(=O)OC7C)cccc56)C4OC4CCCC4)c4ccccc34)COCC(N)C(=O)OC2C)cc1. The van der Waals surface area contributed by atoms with Gasteiger partial charge in [-0.05, 0) is 125 Å². The Morgan fingerprint density at radius 1 is 0.483 bits per heavy atom. The molecule has 4 fully saturated rings. The van der Waals surface area contributed by atoms with E-state index < -0.39 is 72.7 Å². The molecule has 13 atom stereocenters. The Bertz CT molecular complexity index is 3470. The number of hydrogen-bond acceptors (Lipinski definition) is 15. The maximum absolute atomic E-state index is 14.1. The van der Waals surface area contributed by atoms with Gasteiger partial charge in [0.15, 0.2) is 0 Å². The Kier molecular flexibility index (Phi) is 20.3. The van der Waals surface area contributed by atoms with Crippen LogP contribution in [0.1, 0.15) is 85.8 Å². The van der Waals surface area contributed by atoms with Gasteiger partial charge in [0.1, 0.15) is 54.4 Å². The maximum Gasteiger partial charge on any atom is 0.325 e. The van der Waals surface area contributed by atoms with E-state index in [4.69, 9.17) is 59.8 Å². The van der Waals surface area contributed by atoms with Crippen LogP contribution in [-0.2, 0) is 78.0 Å². The van der Waals surface area contributed by atoms with E-state index in [0.29, 0.717) is 51.3 Å². The van der Waals surface area contributed by atoms with Crippen LogP contribution in [0.3, 0.4) is 0 Å². The standard InChI is InChI=1S/C72H85N3O12/c1-43-26-30-56(31-27-43)85-68-46(4)84-71(77)64(74)41-80-38-53(68)34-50-28-29-51(60-22-10-9-21-59(50)60)35-66-69(86-55-18-6-7-19-55)54(39-81-42-65(75)72(78)87-66)33-49-17-12-25-62-57(23-13-24-61(49)62)44(2)36-82-67-45(3)83-70(76)63(73)40-79-37-52(67)32-48-16-11-15-47-14-5-8-20-58(47)48/h5,8-17,20-31,44-46,52-55,63-69H,6-7,18-19,32-42,73-75H2,1-4H3. The van der Waals surface area contributed by atoms with Gasteiger partial charge < -0.3 is 59.8 Å². The van der Waals surface area contributed by atoms with Gasteiger partial charge in [0, 0.05) is 30.1 Å². The molecule has 7 aromatic rings. The lowest BCUT2D eigenvalue weighted by Gasteiger charge is -2.35. The molecule has 460 valence electrons. The Balaban J connectivity index is 0.877. The molecule has 3 heterocycles. The lowest BCUT2D eigenvalue weighted by Crippen LogP contribution is -2.45. The number of carbonyl (C=O) groups is 3. The van der Waals surface area contributed by atoms with E-state index >= 15 is 0 Å². The number of cyclic esters (lactones) is 3. The molecule has 1 aliphatic carbocycles. The predicted octanol–water partition coefficient (Wildman–Crippen LogP) is 9.99. The summed E-state index contributed by atoms with van der Waals surface area (Å²) in [7, 11) is 0. The minimum atomic E-state index is -0.983. The molecular weight excluding hydrogens is 1100 g/mol. The summed E-state index contributed by atoms with van der Waals surface area (Å²) < 4.78 is 58.3. The molecule has 1 saturated carbocycles. The van der Waals surface area contributed by atoms with Crippen LogP contribution in [0.4, 0.5) is 0 Å². The van der Waals surface area contributed by atoms with Gasteiger partial charge in [0.2, 0.25) is 0 Å². The normalized spacial score (nSPS) is 27.7. The lowest BCUT2D eigenvalue weighted by molar-refractivity contribution is -0.166. The number of benzene rings is 7. The van der Waals surface area contributed by atoms with E-state index in [1.807, 2.05) is 63.2 Å². The highest BCUT2D eigenvalue weighted by Crippen LogP contribution is 2.37. The van der Waals surface area contributed by atoms with Crippen LogP contribution in [0.5, 0.6) is 5.75 Å². The van der Waals surface area contributed by atoms with Crippen molar-refractivity contribution in [2.45, 2.75) is 146 Å². The third kappa shape index (κ3) is 14.9. The van der Waals surface area contributed by atoms with E-state index in [9.17, 15) is 14.4 Å². The van der Waals surface area contributed by atoms with Crippen molar-refractivity contribution in [3.05, 3.63) is 173 Å². The second-order valence-corrected chi connectivity index (χ2v) is 24.8. The van der Waals surface area contributed by atoms with Crippen molar-refractivity contribution in [2.24, 2.45) is 35.0 Å². The molecule has 0 spiro atoms. The highest BCUT2D eigenvalue weighted by Gasteiger charge is 2.41. The predicted molar refractivity (Wildman–Crippen MR) is 335 cm³/mol. The van der Waals surface area contributed by atoms with Crippen molar-refractivity contribution in [1.29, 1.82) is 0 Å². The molecule has 6 N–H and O–H groups in total. The number of nitrogens with two attached hydrogens (primary N) is 3. The quantitative estimate of drug-likeness (QED) is 0.0607. The number of hydrogen-bond donors (Lipinski definition) is 3. The number of aryl methyl sites for hydroxylation is 1. The van der Waals surface area contributed by atoms with Gasteiger partial charge in [0.05, 0.1) is 58.5 Å². The fraction of sp³-hybridized carbons (Fsp3) is 0.458. The summed E-state index contributed by atoms with van der Waals surface area (Å²) in [6.07, 6.45) is 2.53. The molecule has 15 heteroatoms. The second-order valence-electron chi connectivity index (χ2n) is 24.8.